The van der Waals surface area contributed by atoms with Crippen LogP contribution in [-0.4, -0.2) is 45.9 Å². The first-order chi connectivity index (χ1) is 15.0. The number of hydrogen-bond donors (Lipinski definition) is 2. The first kappa shape index (κ1) is 22.3. The number of ether oxygens (including phenoxy) is 3. The summed E-state index contributed by atoms with van der Waals surface area (Å²) in [6.07, 6.45) is 0.406. The smallest absolute Gasteiger partial charge is 0.315 e. The molecule has 0 saturated carbocycles. The predicted octanol–water partition coefficient (Wildman–Crippen LogP) is 2.95. The third kappa shape index (κ3) is 5.81. The Hall–Kier alpha value is -3.42. The Bertz CT molecular complexity index is 901. The summed E-state index contributed by atoms with van der Waals surface area (Å²) in [5, 5.41) is 5.68. The number of methoxy groups -OCH3 is 2. The molecule has 8 heteroatoms. The van der Waals surface area contributed by atoms with Crippen LogP contribution >= 0.6 is 0 Å². The summed E-state index contributed by atoms with van der Waals surface area (Å²) < 4.78 is 15.9. The van der Waals surface area contributed by atoms with E-state index in [9.17, 15) is 9.59 Å². The molecule has 0 unspecified atom stereocenters. The zero-order chi connectivity index (χ0) is 22.2. The quantitative estimate of drug-likeness (QED) is 0.642. The third-order valence-electron chi connectivity index (χ3n) is 5.12. The lowest BCUT2D eigenvalue weighted by Gasteiger charge is -2.17. The van der Waals surface area contributed by atoms with Crippen LogP contribution in [0.5, 0.6) is 17.2 Å². The van der Waals surface area contributed by atoms with Gasteiger partial charge in [0, 0.05) is 37.7 Å². The Labute approximate surface area is 182 Å². The molecule has 0 radical (unpaired) electrons. The summed E-state index contributed by atoms with van der Waals surface area (Å²) in [7, 11) is 3.15. The molecule has 3 rings (SSSR count). The molecular formula is C23H29N3O5. The van der Waals surface area contributed by atoms with Gasteiger partial charge in [-0.15, -0.1) is 0 Å². The minimum Gasteiger partial charge on any atom is -0.494 e. The van der Waals surface area contributed by atoms with Gasteiger partial charge in [0.15, 0.2) is 11.5 Å². The lowest BCUT2D eigenvalue weighted by atomic mass is 10.1. The zero-order valence-electron chi connectivity index (χ0n) is 18.1. The number of carbonyl (C=O) groups excluding carboxylic acids is 2. The fourth-order valence-corrected chi connectivity index (χ4v) is 3.53. The van der Waals surface area contributed by atoms with Crippen molar-refractivity contribution >= 4 is 17.6 Å². The van der Waals surface area contributed by atoms with Gasteiger partial charge in [-0.1, -0.05) is 6.07 Å². The SMILES string of the molecule is CCOc1ccc(N2C[C@@H](CNC(=O)NCc3ccc(OC)c(OC)c3)CC2=O)cc1. The first-order valence-electron chi connectivity index (χ1n) is 10.3. The molecule has 2 N–H and O–H groups in total. The van der Waals surface area contributed by atoms with E-state index in [4.69, 9.17) is 14.2 Å². The van der Waals surface area contributed by atoms with Gasteiger partial charge in [-0.25, -0.2) is 4.79 Å². The maximum absolute atomic E-state index is 12.4. The van der Waals surface area contributed by atoms with Gasteiger partial charge in [-0.05, 0) is 48.9 Å². The molecule has 0 aromatic heterocycles. The second-order valence-corrected chi connectivity index (χ2v) is 7.25. The molecule has 31 heavy (non-hydrogen) atoms. The van der Waals surface area contributed by atoms with Crippen molar-refractivity contribution in [2.45, 2.75) is 19.9 Å². The number of carbonyl (C=O) groups is 2. The van der Waals surface area contributed by atoms with Crippen LogP contribution in [0.25, 0.3) is 0 Å². The van der Waals surface area contributed by atoms with Crippen molar-refractivity contribution in [3.8, 4) is 17.2 Å². The van der Waals surface area contributed by atoms with E-state index in [1.54, 1.807) is 25.2 Å². The van der Waals surface area contributed by atoms with Gasteiger partial charge < -0.3 is 29.7 Å². The van der Waals surface area contributed by atoms with Crippen LogP contribution in [0, 0.1) is 5.92 Å². The maximum atomic E-state index is 12.4. The van der Waals surface area contributed by atoms with E-state index in [0.29, 0.717) is 44.2 Å². The fraction of sp³-hybridized carbons (Fsp3) is 0.391. The lowest BCUT2D eigenvalue weighted by molar-refractivity contribution is -0.117. The van der Waals surface area contributed by atoms with E-state index in [1.165, 1.54) is 0 Å². The van der Waals surface area contributed by atoms with Gasteiger partial charge in [-0.2, -0.15) is 0 Å². The van der Waals surface area contributed by atoms with Gasteiger partial charge in [0.05, 0.1) is 20.8 Å². The first-order valence-corrected chi connectivity index (χ1v) is 10.3. The average molecular weight is 428 g/mol. The van der Waals surface area contributed by atoms with Crippen LogP contribution in [-0.2, 0) is 11.3 Å². The van der Waals surface area contributed by atoms with E-state index in [0.717, 1.165) is 17.0 Å². The number of benzene rings is 2. The van der Waals surface area contributed by atoms with Crippen LogP contribution in [0.2, 0.25) is 0 Å². The highest BCUT2D eigenvalue weighted by Gasteiger charge is 2.30. The van der Waals surface area contributed by atoms with Crippen LogP contribution in [0.1, 0.15) is 18.9 Å². The molecule has 0 aliphatic carbocycles. The molecule has 1 fully saturated rings. The van der Waals surface area contributed by atoms with E-state index < -0.39 is 0 Å². The number of rotatable bonds is 9. The monoisotopic (exact) mass is 427 g/mol. The summed E-state index contributed by atoms with van der Waals surface area (Å²) in [5.74, 6) is 2.15. The van der Waals surface area contributed by atoms with Gasteiger partial charge in [-0.3, -0.25) is 4.79 Å². The highest BCUT2D eigenvalue weighted by atomic mass is 16.5. The van der Waals surface area contributed by atoms with Gasteiger partial charge in [0.2, 0.25) is 5.91 Å². The largest absolute Gasteiger partial charge is 0.494 e. The minimum atomic E-state index is -0.276. The molecule has 2 aromatic carbocycles. The average Bonchev–Trinajstić information content (AvgIpc) is 3.17. The Balaban J connectivity index is 1.46. The molecule has 1 saturated heterocycles. The molecule has 1 heterocycles. The second-order valence-electron chi connectivity index (χ2n) is 7.25. The number of urea groups is 1. The third-order valence-corrected chi connectivity index (χ3v) is 5.12. The highest BCUT2D eigenvalue weighted by Crippen LogP contribution is 2.28. The van der Waals surface area contributed by atoms with E-state index in [-0.39, 0.29) is 17.9 Å². The van der Waals surface area contributed by atoms with Gasteiger partial charge in [0.25, 0.3) is 0 Å². The topological polar surface area (TPSA) is 89.1 Å². The molecule has 0 spiro atoms. The van der Waals surface area contributed by atoms with Crippen molar-refractivity contribution in [1.29, 1.82) is 0 Å². The number of hydrogen-bond acceptors (Lipinski definition) is 5. The number of nitrogens with one attached hydrogen (secondary N) is 2. The van der Waals surface area contributed by atoms with Crippen molar-refractivity contribution in [2.75, 3.05) is 38.8 Å². The summed E-state index contributed by atoms with van der Waals surface area (Å²) >= 11 is 0. The normalized spacial score (nSPS) is 15.5. The van der Waals surface area contributed by atoms with E-state index in [2.05, 4.69) is 10.6 Å². The molecule has 8 nitrogen and oxygen atoms in total. The Kier molecular flexibility index (Phi) is 7.59. The lowest BCUT2D eigenvalue weighted by Crippen LogP contribution is -2.38. The Morgan fingerprint density at radius 1 is 1.06 bits per heavy atom. The summed E-state index contributed by atoms with van der Waals surface area (Å²) in [6, 6.07) is 12.7. The molecule has 1 atom stereocenters. The Morgan fingerprint density at radius 3 is 2.48 bits per heavy atom. The summed E-state index contributed by atoms with van der Waals surface area (Å²) in [4.78, 5) is 26.4. The van der Waals surface area contributed by atoms with Crippen LogP contribution in [0.4, 0.5) is 10.5 Å². The van der Waals surface area contributed by atoms with Crippen LogP contribution in [0.15, 0.2) is 42.5 Å². The van der Waals surface area contributed by atoms with Crippen molar-refractivity contribution in [1.82, 2.24) is 10.6 Å². The summed E-state index contributed by atoms with van der Waals surface area (Å²) in [5.41, 5.74) is 1.74. The molecule has 2 aromatic rings. The van der Waals surface area contributed by atoms with Gasteiger partial charge in [0.1, 0.15) is 5.75 Å². The van der Waals surface area contributed by atoms with Crippen LogP contribution in [0.3, 0.4) is 0 Å². The van der Waals surface area contributed by atoms with Crippen molar-refractivity contribution in [3.05, 3.63) is 48.0 Å². The number of nitrogens with zero attached hydrogens (tertiary/aromatic N) is 1. The summed E-state index contributed by atoms with van der Waals surface area (Å²) in [6.45, 7) is 3.89. The fourth-order valence-electron chi connectivity index (χ4n) is 3.53. The molecule has 1 aliphatic heterocycles. The van der Waals surface area contributed by atoms with Crippen molar-refractivity contribution in [2.24, 2.45) is 5.92 Å². The molecule has 1 aliphatic rings. The predicted molar refractivity (Wildman–Crippen MR) is 118 cm³/mol. The minimum absolute atomic E-state index is 0.0571. The zero-order valence-corrected chi connectivity index (χ0v) is 18.1. The molecular weight excluding hydrogens is 398 g/mol. The van der Waals surface area contributed by atoms with Crippen LogP contribution < -0.4 is 29.7 Å². The van der Waals surface area contributed by atoms with E-state index >= 15 is 0 Å². The van der Waals surface area contributed by atoms with Gasteiger partial charge >= 0.3 is 6.03 Å². The molecule has 166 valence electrons. The number of amides is 3. The maximum Gasteiger partial charge on any atom is 0.315 e. The second kappa shape index (κ2) is 10.6. The highest BCUT2D eigenvalue weighted by molar-refractivity contribution is 5.95. The molecule has 0 bridgehead atoms. The number of anilines is 1. The van der Waals surface area contributed by atoms with E-state index in [1.807, 2.05) is 43.3 Å². The molecule has 3 amide bonds. The van der Waals surface area contributed by atoms with Crippen molar-refractivity contribution < 1.29 is 23.8 Å². The van der Waals surface area contributed by atoms with Crippen molar-refractivity contribution in [3.63, 3.8) is 0 Å². The Morgan fingerprint density at radius 2 is 1.81 bits per heavy atom. The standard InChI is InChI=1S/C23H29N3O5/c1-4-31-19-8-6-18(7-9-19)26-15-17(12-22(26)27)14-25-23(28)24-13-16-5-10-20(29-2)21(11-16)30-3/h5-11,17H,4,12-15H2,1-3H3,(H2,24,25,28)/t17-/m1/s1.